The van der Waals surface area contributed by atoms with Gasteiger partial charge in [0.25, 0.3) is 0 Å². The van der Waals surface area contributed by atoms with Crippen LogP contribution in [-0.2, 0) is 6.54 Å². The Bertz CT molecular complexity index is 598. The molecule has 0 aromatic heterocycles. The van der Waals surface area contributed by atoms with Crippen LogP contribution >= 0.6 is 15.9 Å². The average molecular weight is 334 g/mol. The summed E-state index contributed by atoms with van der Waals surface area (Å²) in [6, 6.07) is 14.6. The van der Waals surface area contributed by atoms with Crippen molar-refractivity contribution in [2.24, 2.45) is 0 Å². The third-order valence-corrected chi connectivity index (χ3v) is 3.98. The van der Waals surface area contributed by atoms with Crippen LogP contribution in [0.2, 0.25) is 0 Å². The first-order chi connectivity index (χ1) is 9.74. The Labute approximate surface area is 127 Å². The number of para-hydroxylation sites is 1. The fourth-order valence-corrected chi connectivity index (χ4v) is 2.53. The fraction of sp³-hybridized carbons (Fsp3) is 0.250. The molecule has 0 bridgehead atoms. The van der Waals surface area contributed by atoms with Crippen molar-refractivity contribution in [3.63, 3.8) is 0 Å². The highest BCUT2D eigenvalue weighted by Crippen LogP contribution is 2.35. The zero-order valence-electron chi connectivity index (χ0n) is 11.2. The first kappa shape index (κ1) is 13.5. The molecule has 0 aliphatic carbocycles. The molecule has 0 saturated carbocycles. The predicted molar refractivity (Wildman–Crippen MR) is 82.0 cm³/mol. The van der Waals surface area contributed by atoms with Crippen molar-refractivity contribution in [2.45, 2.75) is 19.5 Å². The highest BCUT2D eigenvalue weighted by atomic mass is 79.9. The number of rotatable bonds is 4. The molecule has 0 radical (unpaired) electrons. The van der Waals surface area contributed by atoms with E-state index in [1.165, 1.54) is 5.56 Å². The summed E-state index contributed by atoms with van der Waals surface area (Å²) in [5.74, 6) is 1.70. The van der Waals surface area contributed by atoms with Crippen LogP contribution in [0.5, 0.6) is 11.5 Å². The molecule has 0 unspecified atom stereocenters. The van der Waals surface area contributed by atoms with Crippen LogP contribution in [0.3, 0.4) is 0 Å². The number of halogens is 1. The van der Waals surface area contributed by atoms with Gasteiger partial charge in [0.1, 0.15) is 0 Å². The Balaban J connectivity index is 1.68. The van der Waals surface area contributed by atoms with Gasteiger partial charge >= 0.3 is 0 Å². The maximum Gasteiger partial charge on any atom is 0.231 e. The van der Waals surface area contributed by atoms with Crippen LogP contribution in [0.15, 0.2) is 46.9 Å². The molecule has 3 nitrogen and oxygen atoms in total. The maximum atomic E-state index is 5.51. The minimum absolute atomic E-state index is 0.279. The molecular formula is C16H16BrNO2. The van der Waals surface area contributed by atoms with Crippen LogP contribution in [0.1, 0.15) is 24.1 Å². The summed E-state index contributed by atoms with van der Waals surface area (Å²) >= 11 is 3.45. The quantitative estimate of drug-likeness (QED) is 0.916. The van der Waals surface area contributed by atoms with Crippen LogP contribution in [-0.4, -0.2) is 6.79 Å². The first-order valence-corrected chi connectivity index (χ1v) is 7.39. The molecule has 1 aliphatic heterocycles. The molecule has 4 heteroatoms. The van der Waals surface area contributed by atoms with Gasteiger partial charge in [-0.3, -0.25) is 0 Å². The molecule has 1 aliphatic rings. The number of benzene rings is 2. The van der Waals surface area contributed by atoms with Crippen molar-refractivity contribution in [3.8, 4) is 11.5 Å². The van der Waals surface area contributed by atoms with E-state index in [1.807, 2.05) is 12.1 Å². The Morgan fingerprint density at radius 1 is 1.15 bits per heavy atom. The number of nitrogens with one attached hydrogen (secondary N) is 1. The largest absolute Gasteiger partial charge is 0.454 e. The highest BCUT2D eigenvalue weighted by molar-refractivity contribution is 9.10. The molecular weight excluding hydrogens is 318 g/mol. The normalized spacial score (nSPS) is 14.3. The van der Waals surface area contributed by atoms with Gasteiger partial charge in [0.2, 0.25) is 6.79 Å². The van der Waals surface area contributed by atoms with Crippen molar-refractivity contribution in [2.75, 3.05) is 6.79 Å². The summed E-state index contributed by atoms with van der Waals surface area (Å²) in [5, 5.41) is 3.51. The lowest BCUT2D eigenvalue weighted by atomic mass is 10.1. The lowest BCUT2D eigenvalue weighted by Crippen LogP contribution is -2.18. The number of hydrogen-bond acceptors (Lipinski definition) is 3. The number of fused-ring (bicyclic) bond motifs is 1. The van der Waals surface area contributed by atoms with Crippen LogP contribution in [0.25, 0.3) is 0 Å². The molecule has 0 saturated heterocycles. The minimum Gasteiger partial charge on any atom is -0.454 e. The van der Waals surface area contributed by atoms with E-state index in [9.17, 15) is 0 Å². The zero-order chi connectivity index (χ0) is 13.9. The minimum atomic E-state index is 0.279. The van der Waals surface area contributed by atoms with Crippen molar-refractivity contribution < 1.29 is 9.47 Å². The summed E-state index contributed by atoms with van der Waals surface area (Å²) in [6.45, 7) is 3.22. The molecule has 1 heterocycles. The van der Waals surface area contributed by atoms with Gasteiger partial charge in [-0.2, -0.15) is 0 Å². The van der Waals surface area contributed by atoms with E-state index in [2.05, 4.69) is 58.5 Å². The second-order valence-corrected chi connectivity index (χ2v) is 5.72. The molecule has 104 valence electrons. The molecule has 0 spiro atoms. The van der Waals surface area contributed by atoms with Crippen LogP contribution in [0, 0.1) is 0 Å². The summed E-state index contributed by atoms with van der Waals surface area (Å²) in [6.07, 6.45) is 0. The third-order valence-electron chi connectivity index (χ3n) is 3.45. The molecule has 1 atom stereocenters. The molecule has 2 aromatic rings. The number of hydrogen-bond donors (Lipinski definition) is 1. The van der Waals surface area contributed by atoms with Crippen molar-refractivity contribution in [1.82, 2.24) is 5.32 Å². The van der Waals surface area contributed by atoms with Gasteiger partial charge in [0.15, 0.2) is 11.5 Å². The van der Waals surface area contributed by atoms with Gasteiger partial charge in [-0.05, 0) is 30.7 Å². The summed E-state index contributed by atoms with van der Waals surface area (Å²) in [7, 11) is 0. The van der Waals surface area contributed by atoms with Gasteiger partial charge in [0.05, 0.1) is 0 Å². The SMILES string of the molecule is C[C@@H](NCc1cccc2c1OCO2)c1ccc(Br)cc1. The fourth-order valence-electron chi connectivity index (χ4n) is 2.26. The lowest BCUT2D eigenvalue weighted by Gasteiger charge is -2.15. The van der Waals surface area contributed by atoms with E-state index >= 15 is 0 Å². The second-order valence-electron chi connectivity index (χ2n) is 4.81. The Hall–Kier alpha value is -1.52. The standard InChI is InChI=1S/C16H16BrNO2/c1-11(12-5-7-14(17)8-6-12)18-9-13-3-2-4-15-16(13)20-10-19-15/h2-8,11,18H,9-10H2,1H3/t11-/m1/s1. The zero-order valence-corrected chi connectivity index (χ0v) is 12.8. The van der Waals surface area contributed by atoms with E-state index in [1.54, 1.807) is 0 Å². The molecule has 20 heavy (non-hydrogen) atoms. The van der Waals surface area contributed by atoms with E-state index in [4.69, 9.17) is 9.47 Å². The highest BCUT2D eigenvalue weighted by Gasteiger charge is 2.17. The molecule has 0 amide bonds. The smallest absolute Gasteiger partial charge is 0.231 e. The molecule has 0 fully saturated rings. The van der Waals surface area contributed by atoms with E-state index in [0.29, 0.717) is 6.79 Å². The van der Waals surface area contributed by atoms with Crippen molar-refractivity contribution in [1.29, 1.82) is 0 Å². The van der Waals surface area contributed by atoms with Gasteiger partial charge in [-0.15, -0.1) is 0 Å². The first-order valence-electron chi connectivity index (χ1n) is 6.60. The van der Waals surface area contributed by atoms with Gasteiger partial charge in [0, 0.05) is 22.6 Å². The van der Waals surface area contributed by atoms with E-state index in [-0.39, 0.29) is 6.04 Å². The second kappa shape index (κ2) is 5.85. The van der Waals surface area contributed by atoms with E-state index in [0.717, 1.165) is 28.1 Å². The molecule has 2 aromatic carbocycles. The Morgan fingerprint density at radius 3 is 2.75 bits per heavy atom. The summed E-state index contributed by atoms with van der Waals surface area (Å²) < 4.78 is 12.0. The third kappa shape index (κ3) is 2.81. The van der Waals surface area contributed by atoms with Crippen LogP contribution in [0.4, 0.5) is 0 Å². The lowest BCUT2D eigenvalue weighted by molar-refractivity contribution is 0.173. The van der Waals surface area contributed by atoms with E-state index < -0.39 is 0 Å². The Kier molecular flexibility index (Phi) is 3.94. The van der Waals surface area contributed by atoms with Crippen molar-refractivity contribution in [3.05, 3.63) is 58.1 Å². The van der Waals surface area contributed by atoms with Crippen LogP contribution < -0.4 is 14.8 Å². The number of ether oxygens (including phenoxy) is 2. The summed E-state index contributed by atoms with van der Waals surface area (Å²) in [5.41, 5.74) is 2.39. The Morgan fingerprint density at radius 2 is 1.95 bits per heavy atom. The topological polar surface area (TPSA) is 30.5 Å². The monoisotopic (exact) mass is 333 g/mol. The van der Waals surface area contributed by atoms with Gasteiger partial charge in [-0.1, -0.05) is 40.2 Å². The van der Waals surface area contributed by atoms with Crippen molar-refractivity contribution >= 4 is 15.9 Å². The molecule has 3 rings (SSSR count). The molecule has 1 N–H and O–H groups in total. The summed E-state index contributed by atoms with van der Waals surface area (Å²) in [4.78, 5) is 0. The maximum absolute atomic E-state index is 5.51. The van der Waals surface area contributed by atoms with Gasteiger partial charge in [-0.25, -0.2) is 0 Å². The van der Waals surface area contributed by atoms with Gasteiger partial charge < -0.3 is 14.8 Å². The average Bonchev–Trinajstić information content (AvgIpc) is 2.94. The predicted octanol–water partition coefficient (Wildman–Crippen LogP) is 4.03.